The van der Waals surface area contributed by atoms with Crippen molar-refractivity contribution >= 4 is 23.4 Å². The highest BCUT2D eigenvalue weighted by atomic mass is 35.5. The van der Waals surface area contributed by atoms with Crippen molar-refractivity contribution in [2.24, 2.45) is 0 Å². The Balaban J connectivity index is 2.26. The van der Waals surface area contributed by atoms with E-state index >= 15 is 0 Å². The third-order valence-electron chi connectivity index (χ3n) is 2.62. The average Bonchev–Trinajstić information content (AvgIpc) is 2.82. The third kappa shape index (κ3) is 2.47. The Labute approximate surface area is 97.6 Å². The number of halogens is 2. The first-order chi connectivity index (χ1) is 7.04. The molecule has 1 N–H and O–H groups in total. The Bertz CT molecular complexity index is 367. The van der Waals surface area contributed by atoms with Gasteiger partial charge < -0.3 is 5.11 Å². The second-order valence-electron chi connectivity index (χ2n) is 3.99. The van der Waals surface area contributed by atoms with E-state index in [1.54, 1.807) is 12.3 Å². The van der Waals surface area contributed by atoms with Crippen LogP contribution in [0.1, 0.15) is 18.4 Å². The van der Waals surface area contributed by atoms with Crippen LogP contribution in [0.2, 0.25) is 5.02 Å². The smallest absolute Gasteiger partial charge is 0.138 e. The SMILES string of the molecule is CSc1c(F)cc(CC2(O)CC2)cc1Cl. The summed E-state index contributed by atoms with van der Waals surface area (Å²) in [5.41, 5.74) is 0.173. The van der Waals surface area contributed by atoms with E-state index in [2.05, 4.69) is 0 Å². The maximum absolute atomic E-state index is 13.5. The Morgan fingerprint density at radius 2 is 2.20 bits per heavy atom. The molecule has 0 radical (unpaired) electrons. The summed E-state index contributed by atoms with van der Waals surface area (Å²) in [6, 6.07) is 3.21. The molecule has 2 rings (SSSR count). The van der Waals surface area contributed by atoms with Gasteiger partial charge in [0, 0.05) is 6.42 Å². The minimum Gasteiger partial charge on any atom is -0.390 e. The predicted molar refractivity (Wildman–Crippen MR) is 61.1 cm³/mol. The molecular weight excluding hydrogens is 235 g/mol. The maximum atomic E-state index is 13.5. The molecule has 15 heavy (non-hydrogen) atoms. The normalized spacial score (nSPS) is 17.9. The van der Waals surface area contributed by atoms with Crippen LogP contribution in [-0.2, 0) is 6.42 Å². The molecule has 1 aromatic rings. The largest absolute Gasteiger partial charge is 0.390 e. The molecule has 0 amide bonds. The quantitative estimate of drug-likeness (QED) is 0.826. The number of aliphatic hydroxyl groups is 1. The second kappa shape index (κ2) is 3.96. The van der Waals surface area contributed by atoms with E-state index in [9.17, 15) is 9.50 Å². The van der Waals surface area contributed by atoms with Crippen molar-refractivity contribution in [3.63, 3.8) is 0 Å². The van der Waals surface area contributed by atoms with Crippen molar-refractivity contribution in [1.82, 2.24) is 0 Å². The number of hydrogen-bond donors (Lipinski definition) is 1. The van der Waals surface area contributed by atoms with Gasteiger partial charge in [-0.2, -0.15) is 0 Å². The number of hydrogen-bond acceptors (Lipinski definition) is 2. The van der Waals surface area contributed by atoms with E-state index in [1.165, 1.54) is 17.8 Å². The van der Waals surface area contributed by atoms with Crippen molar-refractivity contribution in [1.29, 1.82) is 0 Å². The molecule has 1 saturated carbocycles. The zero-order valence-electron chi connectivity index (χ0n) is 8.39. The first kappa shape index (κ1) is 11.2. The average molecular weight is 247 g/mol. The van der Waals surface area contributed by atoms with Gasteiger partial charge in [0.15, 0.2) is 0 Å². The highest BCUT2D eigenvalue weighted by Gasteiger charge is 2.40. The van der Waals surface area contributed by atoms with Crippen LogP contribution in [0.15, 0.2) is 17.0 Å². The monoisotopic (exact) mass is 246 g/mol. The standard InChI is InChI=1S/C11H12ClFOS/c1-15-10-8(12)4-7(5-9(10)13)6-11(14)2-3-11/h4-5,14H,2-3,6H2,1H3. The van der Waals surface area contributed by atoms with Crippen molar-refractivity contribution in [2.75, 3.05) is 6.26 Å². The molecule has 0 spiro atoms. The fourth-order valence-corrected chi connectivity index (χ4v) is 2.58. The summed E-state index contributed by atoms with van der Waals surface area (Å²) in [6.07, 6.45) is 3.89. The van der Waals surface area contributed by atoms with Gasteiger partial charge >= 0.3 is 0 Å². The third-order valence-corrected chi connectivity index (χ3v) is 3.86. The van der Waals surface area contributed by atoms with Gasteiger partial charge in [-0.15, -0.1) is 11.8 Å². The highest BCUT2D eigenvalue weighted by Crippen LogP contribution is 2.39. The molecule has 0 bridgehead atoms. The van der Waals surface area contributed by atoms with Gasteiger partial charge in [0.25, 0.3) is 0 Å². The molecule has 1 aromatic carbocycles. The van der Waals surface area contributed by atoms with Crippen molar-refractivity contribution in [3.05, 3.63) is 28.5 Å². The molecule has 1 nitrogen and oxygen atoms in total. The Morgan fingerprint density at radius 1 is 1.53 bits per heavy atom. The van der Waals surface area contributed by atoms with Gasteiger partial charge in [-0.1, -0.05) is 11.6 Å². The first-order valence-electron chi connectivity index (χ1n) is 4.78. The number of thioether (sulfide) groups is 1. The van der Waals surface area contributed by atoms with E-state index in [0.29, 0.717) is 16.3 Å². The van der Waals surface area contributed by atoms with Crippen LogP contribution >= 0.6 is 23.4 Å². The van der Waals surface area contributed by atoms with Crippen LogP contribution in [0, 0.1) is 5.82 Å². The van der Waals surface area contributed by atoms with E-state index in [0.717, 1.165) is 18.4 Å². The van der Waals surface area contributed by atoms with Gasteiger partial charge in [-0.25, -0.2) is 4.39 Å². The summed E-state index contributed by atoms with van der Waals surface area (Å²) in [5, 5.41) is 10.2. The minimum atomic E-state index is -0.601. The van der Waals surface area contributed by atoms with E-state index in [4.69, 9.17) is 11.6 Å². The fourth-order valence-electron chi connectivity index (χ4n) is 1.61. The Hall–Kier alpha value is -0.250. The Kier molecular flexibility index (Phi) is 2.97. The summed E-state index contributed by atoms with van der Waals surface area (Å²) in [5.74, 6) is -0.297. The molecule has 82 valence electrons. The van der Waals surface area contributed by atoms with Crippen LogP contribution in [0.25, 0.3) is 0 Å². The topological polar surface area (TPSA) is 20.2 Å². The highest BCUT2D eigenvalue weighted by molar-refractivity contribution is 7.98. The fraction of sp³-hybridized carbons (Fsp3) is 0.455. The molecule has 0 saturated heterocycles. The molecule has 1 aliphatic carbocycles. The van der Waals surface area contributed by atoms with Crippen LogP contribution in [0.5, 0.6) is 0 Å². The Morgan fingerprint density at radius 3 is 2.67 bits per heavy atom. The van der Waals surface area contributed by atoms with Crippen LogP contribution in [-0.4, -0.2) is 17.0 Å². The molecule has 4 heteroatoms. The molecule has 0 atom stereocenters. The molecule has 0 aromatic heterocycles. The van der Waals surface area contributed by atoms with Crippen LogP contribution in [0.3, 0.4) is 0 Å². The lowest BCUT2D eigenvalue weighted by Gasteiger charge is -2.10. The predicted octanol–water partition coefficient (Wildman–Crippen LogP) is 3.27. The van der Waals surface area contributed by atoms with E-state index in [1.807, 2.05) is 0 Å². The zero-order valence-corrected chi connectivity index (χ0v) is 9.96. The molecule has 0 heterocycles. The molecule has 0 aliphatic heterocycles. The lowest BCUT2D eigenvalue weighted by molar-refractivity contribution is 0.151. The number of rotatable bonds is 3. The maximum Gasteiger partial charge on any atom is 0.138 e. The summed E-state index contributed by atoms with van der Waals surface area (Å²) < 4.78 is 13.5. The van der Waals surface area contributed by atoms with Crippen LogP contribution < -0.4 is 0 Å². The van der Waals surface area contributed by atoms with Crippen molar-refractivity contribution in [3.8, 4) is 0 Å². The lowest BCUT2D eigenvalue weighted by Crippen LogP contribution is -2.10. The molecule has 0 unspecified atom stereocenters. The van der Waals surface area contributed by atoms with Gasteiger partial charge in [0.05, 0.1) is 15.5 Å². The van der Waals surface area contributed by atoms with E-state index in [-0.39, 0.29) is 5.82 Å². The van der Waals surface area contributed by atoms with E-state index < -0.39 is 5.60 Å². The number of benzene rings is 1. The minimum absolute atomic E-state index is 0.297. The summed E-state index contributed by atoms with van der Waals surface area (Å²) in [6.45, 7) is 0. The summed E-state index contributed by atoms with van der Waals surface area (Å²) in [7, 11) is 0. The van der Waals surface area contributed by atoms with Gasteiger partial charge in [-0.05, 0) is 36.8 Å². The molecule has 1 fully saturated rings. The molecule has 1 aliphatic rings. The summed E-state index contributed by atoms with van der Waals surface area (Å²) >= 11 is 7.24. The van der Waals surface area contributed by atoms with Crippen molar-refractivity contribution < 1.29 is 9.50 Å². The lowest BCUT2D eigenvalue weighted by atomic mass is 10.1. The van der Waals surface area contributed by atoms with Gasteiger partial charge in [0.1, 0.15) is 5.82 Å². The zero-order chi connectivity index (χ0) is 11.1. The van der Waals surface area contributed by atoms with Gasteiger partial charge in [0.2, 0.25) is 0 Å². The van der Waals surface area contributed by atoms with Crippen molar-refractivity contribution in [2.45, 2.75) is 29.8 Å². The van der Waals surface area contributed by atoms with Gasteiger partial charge in [-0.3, -0.25) is 0 Å². The van der Waals surface area contributed by atoms with Crippen LogP contribution in [0.4, 0.5) is 4.39 Å². The summed E-state index contributed by atoms with van der Waals surface area (Å²) in [4.78, 5) is 0.475. The molecular formula is C11H12ClFOS. The first-order valence-corrected chi connectivity index (χ1v) is 6.39. The second-order valence-corrected chi connectivity index (χ2v) is 5.22.